The number of thiocarbonyl (C=S) groups is 1. The number of aryl methyl sites for hydroxylation is 2. The Hall–Kier alpha value is -3.71. The summed E-state index contributed by atoms with van der Waals surface area (Å²) in [6.45, 7) is 6.34. The van der Waals surface area contributed by atoms with Crippen molar-refractivity contribution in [2.24, 2.45) is 0 Å². The molecule has 3 aromatic heterocycles. The molecule has 4 aromatic rings. The van der Waals surface area contributed by atoms with Crippen molar-refractivity contribution in [3.63, 3.8) is 0 Å². The predicted molar refractivity (Wildman–Crippen MR) is 139 cm³/mol. The van der Waals surface area contributed by atoms with Crippen LogP contribution in [0.5, 0.6) is 5.75 Å². The molecule has 7 heteroatoms. The highest BCUT2D eigenvalue weighted by Gasteiger charge is 2.43. The molecule has 1 N–H and O–H groups in total. The molecule has 0 unspecified atom stereocenters. The predicted octanol–water partition coefficient (Wildman–Crippen LogP) is 5.38. The summed E-state index contributed by atoms with van der Waals surface area (Å²) in [5.41, 5.74) is 6.42. The maximum Gasteiger partial charge on any atom is 0.174 e. The first kappa shape index (κ1) is 22.1. The highest BCUT2D eigenvalue weighted by molar-refractivity contribution is 7.80. The lowest BCUT2D eigenvalue weighted by atomic mass is 9.96. The lowest BCUT2D eigenvalue weighted by Crippen LogP contribution is -2.30. The maximum atomic E-state index is 5.89. The Labute approximate surface area is 205 Å². The van der Waals surface area contributed by atoms with Gasteiger partial charge >= 0.3 is 0 Å². The molecule has 1 aromatic carbocycles. The first-order valence-corrected chi connectivity index (χ1v) is 11.7. The third-order valence-electron chi connectivity index (χ3n) is 6.36. The second kappa shape index (κ2) is 8.91. The van der Waals surface area contributed by atoms with Gasteiger partial charge < -0.3 is 19.5 Å². The van der Waals surface area contributed by atoms with Gasteiger partial charge in [-0.1, -0.05) is 18.2 Å². The number of nitrogens with one attached hydrogen (secondary N) is 1. The van der Waals surface area contributed by atoms with E-state index in [4.69, 9.17) is 17.0 Å². The molecule has 1 aliphatic rings. The molecule has 1 fully saturated rings. The van der Waals surface area contributed by atoms with Crippen LogP contribution in [0.15, 0.2) is 73.1 Å². The number of para-hydroxylation sites is 2. The van der Waals surface area contributed by atoms with Crippen molar-refractivity contribution < 1.29 is 4.74 Å². The van der Waals surface area contributed by atoms with E-state index in [2.05, 4.69) is 57.7 Å². The zero-order chi connectivity index (χ0) is 23.8. The van der Waals surface area contributed by atoms with E-state index >= 15 is 0 Å². The fraction of sp³-hybridized carbons (Fsp3) is 0.222. The topological polar surface area (TPSA) is 55.2 Å². The summed E-state index contributed by atoms with van der Waals surface area (Å²) in [4.78, 5) is 11.5. The Kier molecular flexibility index (Phi) is 5.79. The van der Waals surface area contributed by atoms with Crippen LogP contribution in [-0.4, -0.2) is 26.8 Å². The van der Waals surface area contributed by atoms with Gasteiger partial charge in [0.15, 0.2) is 5.11 Å². The Bertz CT molecular complexity index is 1350. The Balaban J connectivity index is 1.71. The normalized spacial score (nSPS) is 17.6. The second-order valence-corrected chi connectivity index (χ2v) is 8.91. The Morgan fingerprint density at radius 2 is 1.74 bits per heavy atom. The number of hydrogen-bond acceptors (Lipinski definition) is 4. The van der Waals surface area contributed by atoms with Gasteiger partial charge in [0.25, 0.3) is 0 Å². The molecule has 34 heavy (non-hydrogen) atoms. The molecule has 0 saturated carbocycles. The largest absolute Gasteiger partial charge is 0.495 e. The Morgan fingerprint density at radius 1 is 0.941 bits per heavy atom. The van der Waals surface area contributed by atoms with Crippen LogP contribution < -0.4 is 15.0 Å². The van der Waals surface area contributed by atoms with Gasteiger partial charge in [-0.15, -0.1) is 0 Å². The smallest absolute Gasteiger partial charge is 0.174 e. The van der Waals surface area contributed by atoms with Gasteiger partial charge in [-0.2, -0.15) is 0 Å². The number of anilines is 1. The van der Waals surface area contributed by atoms with Gasteiger partial charge in [-0.25, -0.2) is 4.98 Å². The van der Waals surface area contributed by atoms with Crippen LogP contribution in [-0.2, 0) is 0 Å². The highest BCUT2D eigenvalue weighted by Crippen LogP contribution is 2.45. The standard InChI is InChI=1S/C27H27N5OS/c1-17-12-14-29-24(15-17)31-18(2)16-20(19(31)3)26-25(21-9-7-8-13-28-21)30-27(34)32(26)22-10-5-6-11-23(22)33-4/h5-16,25-26H,1-4H3,(H,30,34)/t25-,26-/m0/s1. The van der Waals surface area contributed by atoms with E-state index in [9.17, 15) is 0 Å². The zero-order valence-corrected chi connectivity index (χ0v) is 20.5. The van der Waals surface area contributed by atoms with E-state index in [0.717, 1.165) is 39.9 Å². The van der Waals surface area contributed by atoms with Crippen molar-refractivity contribution in [3.8, 4) is 11.6 Å². The second-order valence-electron chi connectivity index (χ2n) is 8.52. The SMILES string of the molecule is COc1ccccc1N1C(=S)N[C@@H](c2ccccn2)[C@@H]1c1cc(C)n(-c2cc(C)ccn2)c1C. The lowest BCUT2D eigenvalue weighted by molar-refractivity contribution is 0.414. The number of hydrogen-bond donors (Lipinski definition) is 1. The summed E-state index contributed by atoms with van der Waals surface area (Å²) in [5.74, 6) is 1.68. The van der Waals surface area contributed by atoms with E-state index in [1.54, 1.807) is 7.11 Å². The zero-order valence-electron chi connectivity index (χ0n) is 19.7. The quantitative estimate of drug-likeness (QED) is 0.396. The minimum Gasteiger partial charge on any atom is -0.495 e. The van der Waals surface area contributed by atoms with Gasteiger partial charge in [-0.3, -0.25) is 4.98 Å². The summed E-state index contributed by atoms with van der Waals surface area (Å²) in [6.07, 6.45) is 3.68. The fourth-order valence-corrected chi connectivity index (χ4v) is 5.18. The van der Waals surface area contributed by atoms with Crippen molar-refractivity contribution in [1.82, 2.24) is 19.9 Å². The summed E-state index contributed by atoms with van der Waals surface area (Å²) >= 11 is 5.89. The highest BCUT2D eigenvalue weighted by atomic mass is 32.1. The van der Waals surface area contributed by atoms with Gasteiger partial charge in [0.1, 0.15) is 11.6 Å². The minimum atomic E-state index is -0.127. The van der Waals surface area contributed by atoms with Gasteiger partial charge in [0.2, 0.25) is 0 Å². The fourth-order valence-electron chi connectivity index (χ4n) is 4.84. The van der Waals surface area contributed by atoms with E-state index in [0.29, 0.717) is 5.11 Å². The molecule has 6 nitrogen and oxygen atoms in total. The van der Waals surface area contributed by atoms with Crippen molar-refractivity contribution in [2.75, 3.05) is 12.0 Å². The van der Waals surface area contributed by atoms with Crippen LogP contribution in [0.4, 0.5) is 5.69 Å². The molecule has 1 saturated heterocycles. The average Bonchev–Trinajstić information content (AvgIpc) is 3.34. The number of pyridine rings is 2. The van der Waals surface area contributed by atoms with Gasteiger partial charge in [0.05, 0.1) is 30.6 Å². The maximum absolute atomic E-state index is 5.89. The van der Waals surface area contributed by atoms with Gasteiger partial charge in [0, 0.05) is 23.8 Å². The van der Waals surface area contributed by atoms with Crippen LogP contribution in [0.3, 0.4) is 0 Å². The van der Waals surface area contributed by atoms with Crippen molar-refractivity contribution in [1.29, 1.82) is 0 Å². The third-order valence-corrected chi connectivity index (χ3v) is 6.68. The molecule has 0 amide bonds. The Morgan fingerprint density at radius 3 is 2.47 bits per heavy atom. The van der Waals surface area contributed by atoms with Crippen molar-refractivity contribution in [2.45, 2.75) is 32.9 Å². The number of nitrogens with zero attached hydrogens (tertiary/aromatic N) is 4. The number of ether oxygens (including phenoxy) is 1. The molecule has 1 aliphatic heterocycles. The molecule has 5 rings (SSSR count). The first-order chi connectivity index (χ1) is 16.5. The molecule has 2 atom stereocenters. The molecule has 172 valence electrons. The number of rotatable bonds is 5. The van der Waals surface area contributed by atoms with E-state index in [-0.39, 0.29) is 12.1 Å². The van der Waals surface area contributed by atoms with Gasteiger partial charge in [-0.05, 0) is 86.6 Å². The summed E-state index contributed by atoms with van der Waals surface area (Å²) in [5, 5.41) is 4.18. The first-order valence-electron chi connectivity index (χ1n) is 11.2. The summed E-state index contributed by atoms with van der Waals surface area (Å²) in [7, 11) is 1.69. The molecule has 4 heterocycles. The van der Waals surface area contributed by atoms with Crippen molar-refractivity contribution >= 4 is 23.0 Å². The lowest BCUT2D eigenvalue weighted by Gasteiger charge is -2.29. The number of methoxy groups -OCH3 is 1. The third kappa shape index (κ3) is 3.72. The van der Waals surface area contributed by atoms with E-state index < -0.39 is 0 Å². The van der Waals surface area contributed by atoms with Crippen molar-refractivity contribution in [3.05, 3.63) is 101 Å². The molecular weight excluding hydrogens is 442 g/mol. The summed E-state index contributed by atoms with van der Waals surface area (Å²) in [6, 6.07) is 20.1. The van der Waals surface area contributed by atoms with Crippen LogP contribution in [0, 0.1) is 20.8 Å². The minimum absolute atomic E-state index is 0.122. The molecule has 0 aliphatic carbocycles. The molecule has 0 spiro atoms. The van der Waals surface area contributed by atoms with Crippen LogP contribution in [0.1, 0.15) is 40.3 Å². The van der Waals surface area contributed by atoms with Crippen LogP contribution in [0.25, 0.3) is 5.82 Å². The average molecular weight is 470 g/mol. The molecular formula is C27H27N5OS. The van der Waals surface area contributed by atoms with Crippen LogP contribution in [0.2, 0.25) is 0 Å². The number of aromatic nitrogens is 3. The molecule has 0 radical (unpaired) electrons. The number of benzene rings is 1. The van der Waals surface area contributed by atoms with E-state index in [1.165, 1.54) is 5.56 Å². The molecule has 0 bridgehead atoms. The van der Waals surface area contributed by atoms with Crippen LogP contribution >= 0.6 is 12.2 Å². The van der Waals surface area contributed by atoms with E-state index in [1.807, 2.05) is 60.9 Å². The monoisotopic (exact) mass is 469 g/mol. The summed E-state index contributed by atoms with van der Waals surface area (Å²) < 4.78 is 7.92.